The van der Waals surface area contributed by atoms with Crippen LogP contribution >= 0.6 is 24.0 Å². The van der Waals surface area contributed by atoms with Crippen LogP contribution in [0, 0.1) is 5.92 Å². The Labute approximate surface area is 180 Å². The summed E-state index contributed by atoms with van der Waals surface area (Å²) in [6, 6.07) is 7.20. The van der Waals surface area contributed by atoms with Crippen molar-refractivity contribution in [2.45, 2.75) is 76.4 Å². The van der Waals surface area contributed by atoms with Crippen molar-refractivity contribution in [3.63, 3.8) is 0 Å². The molecule has 154 valence electrons. The van der Waals surface area contributed by atoms with Crippen molar-refractivity contribution in [2.75, 3.05) is 0 Å². The topological polar surface area (TPSA) is 96.6 Å². The molecule has 1 unspecified atom stereocenters. The molecule has 0 bridgehead atoms. The molecular formula is C19H33IN4O2S. The van der Waals surface area contributed by atoms with Crippen LogP contribution < -0.4 is 15.8 Å². The standard InChI is InChI=1S/C19H32N4O2S.HI/c1-14(2)5-4-6-15(3)22-19(20)21-13-16-7-11-18(12-8-16)26(24,25)23-17-9-10-17;/h7-8,11-12,14-15,17,23H,4-6,9-10,13H2,1-3H3,(H3,20,21,22);1H. The molecule has 0 saturated heterocycles. The number of halogens is 1. The Bertz CT molecular complexity index is 701. The maximum absolute atomic E-state index is 12.1. The van der Waals surface area contributed by atoms with Gasteiger partial charge in [-0.3, -0.25) is 0 Å². The van der Waals surface area contributed by atoms with Gasteiger partial charge in [0, 0.05) is 12.1 Å². The van der Waals surface area contributed by atoms with Gasteiger partial charge in [-0.2, -0.15) is 0 Å². The monoisotopic (exact) mass is 508 g/mol. The van der Waals surface area contributed by atoms with Crippen molar-refractivity contribution in [1.82, 2.24) is 10.0 Å². The van der Waals surface area contributed by atoms with Gasteiger partial charge in [0.15, 0.2) is 5.96 Å². The highest BCUT2D eigenvalue weighted by Gasteiger charge is 2.27. The number of hydrogen-bond donors (Lipinski definition) is 3. The van der Waals surface area contributed by atoms with E-state index in [-0.39, 0.29) is 30.0 Å². The van der Waals surface area contributed by atoms with Crippen molar-refractivity contribution in [3.05, 3.63) is 29.8 Å². The molecule has 27 heavy (non-hydrogen) atoms. The molecule has 1 aliphatic carbocycles. The molecular weight excluding hydrogens is 475 g/mol. The number of nitrogens with zero attached hydrogens (tertiary/aromatic N) is 1. The normalized spacial score (nSPS) is 16.1. The highest BCUT2D eigenvalue weighted by molar-refractivity contribution is 14.0. The van der Waals surface area contributed by atoms with Gasteiger partial charge in [0.05, 0.1) is 11.4 Å². The van der Waals surface area contributed by atoms with Gasteiger partial charge in [-0.15, -0.1) is 24.0 Å². The molecule has 1 aromatic rings. The largest absolute Gasteiger partial charge is 0.370 e. The highest BCUT2D eigenvalue weighted by atomic mass is 127. The van der Waals surface area contributed by atoms with Crippen LogP contribution in [0.1, 0.15) is 58.4 Å². The minimum Gasteiger partial charge on any atom is -0.370 e. The summed E-state index contributed by atoms with van der Waals surface area (Å²) in [5, 5.41) is 3.21. The molecule has 8 heteroatoms. The fourth-order valence-corrected chi connectivity index (χ4v) is 3.95. The fourth-order valence-electron chi connectivity index (χ4n) is 2.64. The van der Waals surface area contributed by atoms with Crippen molar-refractivity contribution in [2.24, 2.45) is 16.6 Å². The Morgan fingerprint density at radius 1 is 1.19 bits per heavy atom. The summed E-state index contributed by atoms with van der Waals surface area (Å²) in [5.74, 6) is 1.15. The SMILES string of the molecule is CC(C)CCCC(C)NC(N)=NCc1ccc(S(=O)(=O)NC2CC2)cc1.I. The molecule has 0 aliphatic heterocycles. The smallest absolute Gasteiger partial charge is 0.240 e. The third-order valence-corrected chi connectivity index (χ3v) is 5.91. The zero-order valence-corrected chi connectivity index (χ0v) is 19.6. The first-order valence-electron chi connectivity index (χ1n) is 9.44. The molecule has 1 fully saturated rings. The van der Waals surface area contributed by atoms with Crippen LogP contribution in [0.2, 0.25) is 0 Å². The molecule has 0 radical (unpaired) electrons. The van der Waals surface area contributed by atoms with E-state index in [0.717, 1.165) is 30.7 Å². The third kappa shape index (κ3) is 9.25. The lowest BCUT2D eigenvalue weighted by Gasteiger charge is -2.15. The number of benzene rings is 1. The molecule has 6 nitrogen and oxygen atoms in total. The number of nitrogens with one attached hydrogen (secondary N) is 2. The van der Waals surface area contributed by atoms with E-state index < -0.39 is 10.0 Å². The second-order valence-corrected chi connectivity index (χ2v) is 9.33. The Morgan fingerprint density at radius 3 is 2.37 bits per heavy atom. The second-order valence-electron chi connectivity index (χ2n) is 7.61. The van der Waals surface area contributed by atoms with Crippen molar-refractivity contribution in [1.29, 1.82) is 0 Å². The average Bonchev–Trinajstić information content (AvgIpc) is 3.36. The van der Waals surface area contributed by atoms with Gasteiger partial charge in [0.1, 0.15) is 0 Å². The third-order valence-electron chi connectivity index (χ3n) is 4.38. The summed E-state index contributed by atoms with van der Waals surface area (Å²) < 4.78 is 27.0. The van der Waals surface area contributed by atoms with Gasteiger partial charge in [-0.1, -0.05) is 38.8 Å². The number of rotatable bonds is 10. The van der Waals surface area contributed by atoms with Gasteiger partial charge >= 0.3 is 0 Å². The summed E-state index contributed by atoms with van der Waals surface area (Å²) >= 11 is 0. The number of sulfonamides is 1. The Balaban J connectivity index is 0.00000364. The molecule has 0 heterocycles. The van der Waals surface area contributed by atoms with Crippen molar-refractivity contribution in [3.8, 4) is 0 Å². The van der Waals surface area contributed by atoms with Gasteiger partial charge in [0.25, 0.3) is 0 Å². The quantitative estimate of drug-likeness (QED) is 0.257. The van der Waals surface area contributed by atoms with E-state index in [1.54, 1.807) is 24.3 Å². The van der Waals surface area contributed by atoms with Crippen LogP contribution in [-0.2, 0) is 16.6 Å². The van der Waals surface area contributed by atoms with Crippen LogP contribution in [0.3, 0.4) is 0 Å². The Kier molecular flexibility index (Phi) is 10.0. The predicted octanol–water partition coefficient (Wildman–Crippen LogP) is 3.36. The first-order chi connectivity index (χ1) is 12.3. The number of hydrogen-bond acceptors (Lipinski definition) is 3. The second kappa shape index (κ2) is 11.2. The molecule has 4 N–H and O–H groups in total. The van der Waals surface area contributed by atoms with Gasteiger partial charge in [-0.05, 0) is 49.8 Å². The molecule has 0 spiro atoms. The van der Waals surface area contributed by atoms with E-state index in [9.17, 15) is 8.42 Å². The average molecular weight is 508 g/mol. The van der Waals surface area contributed by atoms with Gasteiger partial charge in [0.2, 0.25) is 10.0 Å². The van der Waals surface area contributed by atoms with E-state index in [0.29, 0.717) is 23.4 Å². The minimum absolute atomic E-state index is 0. The Morgan fingerprint density at radius 2 is 1.81 bits per heavy atom. The van der Waals surface area contributed by atoms with Gasteiger partial charge < -0.3 is 11.1 Å². The van der Waals surface area contributed by atoms with E-state index in [1.807, 2.05) is 0 Å². The lowest BCUT2D eigenvalue weighted by molar-refractivity contribution is 0.493. The predicted molar refractivity (Wildman–Crippen MR) is 122 cm³/mol. The number of aliphatic imine (C=N–C) groups is 1. The van der Waals surface area contributed by atoms with E-state index in [1.165, 1.54) is 12.8 Å². The van der Waals surface area contributed by atoms with E-state index in [2.05, 4.69) is 35.8 Å². The van der Waals surface area contributed by atoms with E-state index >= 15 is 0 Å². The fraction of sp³-hybridized carbons (Fsp3) is 0.632. The van der Waals surface area contributed by atoms with E-state index in [4.69, 9.17) is 5.73 Å². The van der Waals surface area contributed by atoms with Crippen molar-refractivity contribution >= 4 is 40.0 Å². The molecule has 1 aromatic carbocycles. The molecule has 0 amide bonds. The van der Waals surface area contributed by atoms with Crippen LogP contribution in [0.4, 0.5) is 0 Å². The number of nitrogens with two attached hydrogens (primary N) is 1. The zero-order chi connectivity index (χ0) is 19.2. The van der Waals surface area contributed by atoms with Crippen LogP contribution in [0.5, 0.6) is 0 Å². The maximum atomic E-state index is 12.1. The molecule has 2 rings (SSSR count). The lowest BCUT2D eigenvalue weighted by Crippen LogP contribution is -2.38. The minimum atomic E-state index is -3.40. The molecule has 0 aromatic heterocycles. The molecule has 1 atom stereocenters. The van der Waals surface area contributed by atoms with Crippen LogP contribution in [0.15, 0.2) is 34.2 Å². The van der Waals surface area contributed by atoms with Crippen LogP contribution in [-0.4, -0.2) is 26.5 Å². The first-order valence-corrected chi connectivity index (χ1v) is 10.9. The molecule has 1 aliphatic rings. The first kappa shape index (κ1) is 24.2. The maximum Gasteiger partial charge on any atom is 0.240 e. The summed E-state index contributed by atoms with van der Waals surface area (Å²) in [7, 11) is -3.40. The summed E-state index contributed by atoms with van der Waals surface area (Å²) in [4.78, 5) is 4.64. The lowest BCUT2D eigenvalue weighted by atomic mass is 10.0. The van der Waals surface area contributed by atoms with Gasteiger partial charge in [-0.25, -0.2) is 18.1 Å². The summed E-state index contributed by atoms with van der Waals surface area (Å²) in [6.45, 7) is 6.99. The highest BCUT2D eigenvalue weighted by Crippen LogP contribution is 2.22. The van der Waals surface area contributed by atoms with Crippen molar-refractivity contribution < 1.29 is 8.42 Å². The number of guanidine groups is 1. The van der Waals surface area contributed by atoms with Crippen LogP contribution in [0.25, 0.3) is 0 Å². The summed E-state index contributed by atoms with van der Waals surface area (Å²) in [5.41, 5.74) is 6.87. The zero-order valence-electron chi connectivity index (χ0n) is 16.4. The molecule has 1 saturated carbocycles. The summed E-state index contributed by atoms with van der Waals surface area (Å²) in [6.07, 6.45) is 5.30. The Hall–Kier alpha value is -0.870.